The summed E-state index contributed by atoms with van der Waals surface area (Å²) in [5.41, 5.74) is -1.01. The Kier molecular flexibility index (Phi) is 8.65. The van der Waals surface area contributed by atoms with Gasteiger partial charge in [-0.25, -0.2) is 17.7 Å². The monoisotopic (exact) mass is 624 g/mol. The van der Waals surface area contributed by atoms with Gasteiger partial charge in [-0.3, -0.25) is 4.79 Å². The number of aromatic carboxylic acids is 1. The zero-order valence-electron chi connectivity index (χ0n) is 26.9. The Hall–Kier alpha value is -3.92. The highest BCUT2D eigenvalue weighted by atomic mass is 28.3. The van der Waals surface area contributed by atoms with Crippen LogP contribution in [0, 0.1) is 22.9 Å². The quantitative estimate of drug-likeness (QED) is 0.202. The summed E-state index contributed by atoms with van der Waals surface area (Å²) in [5, 5.41) is 14.3. The lowest BCUT2D eigenvalue weighted by molar-refractivity contribution is -0.462. The smallest absolute Gasteiger partial charge is 0.314 e. The number of hydrogen-bond donors (Lipinski definition) is 0. The molecule has 1 unspecified atom stereocenters. The number of esters is 1. The third-order valence-corrected chi connectivity index (χ3v) is 11.9. The van der Waals surface area contributed by atoms with Crippen molar-refractivity contribution in [3.05, 3.63) is 86.9 Å². The molecule has 1 atom stereocenters. The fourth-order valence-corrected chi connectivity index (χ4v) is 9.21. The van der Waals surface area contributed by atoms with E-state index in [1.165, 1.54) is 0 Å². The van der Waals surface area contributed by atoms with Crippen LogP contribution in [0.3, 0.4) is 0 Å². The van der Waals surface area contributed by atoms with Gasteiger partial charge in [0.25, 0.3) is 0 Å². The van der Waals surface area contributed by atoms with Crippen molar-refractivity contribution in [1.82, 2.24) is 0 Å². The summed E-state index contributed by atoms with van der Waals surface area (Å²) >= 11 is 0. The van der Waals surface area contributed by atoms with Gasteiger partial charge in [-0.2, -0.15) is 0 Å². The molecule has 0 spiro atoms. The predicted molar refractivity (Wildman–Crippen MR) is 168 cm³/mol. The summed E-state index contributed by atoms with van der Waals surface area (Å²) in [6, 6.07) is 5.57. The van der Waals surface area contributed by atoms with E-state index in [4.69, 9.17) is 4.74 Å². The standard InChI is InChI=1S/C34H39F3N2O4Si/c1-11-43-33(42)28(34(2,3)4)27-29(35)25(26(32(40)41)30(36)31(27)37)24-20-14-12-18(38(5)6)16-22(20)44(9,10)23-17-19(39(7)8)13-15-21(23)24/h12-17,28H,11H2,1-10H3. The predicted octanol–water partition coefficient (Wildman–Crippen LogP) is 4.71. The van der Waals surface area contributed by atoms with Gasteiger partial charge < -0.3 is 19.5 Å². The van der Waals surface area contributed by atoms with Crippen LogP contribution in [0.4, 0.5) is 18.9 Å². The number of nitrogens with zero attached hydrogens (tertiary/aromatic N) is 2. The molecule has 6 nitrogen and oxygen atoms in total. The van der Waals surface area contributed by atoms with Crippen LogP contribution in [0.2, 0.25) is 13.1 Å². The number of carboxylic acids is 1. The molecule has 1 aliphatic heterocycles. The second-order valence-electron chi connectivity index (χ2n) is 13.2. The summed E-state index contributed by atoms with van der Waals surface area (Å²) in [6.07, 6.45) is 5.57. The molecule has 0 bridgehead atoms. The average molecular weight is 625 g/mol. The lowest BCUT2D eigenvalue weighted by Gasteiger charge is -2.39. The first-order valence-corrected chi connectivity index (χ1v) is 17.5. The molecule has 0 N–H and O–H groups in total. The van der Waals surface area contributed by atoms with Gasteiger partial charge in [-0.05, 0) is 57.6 Å². The van der Waals surface area contributed by atoms with Gasteiger partial charge in [-0.15, -0.1) is 0 Å². The van der Waals surface area contributed by atoms with Crippen molar-refractivity contribution in [2.75, 3.05) is 39.7 Å². The molecule has 0 amide bonds. The molecule has 4 rings (SSSR count). The third-order valence-electron chi connectivity index (χ3n) is 8.41. The molecule has 1 heterocycles. The van der Waals surface area contributed by atoms with Crippen LogP contribution in [-0.4, -0.2) is 65.1 Å². The van der Waals surface area contributed by atoms with Gasteiger partial charge in [0.05, 0.1) is 18.5 Å². The van der Waals surface area contributed by atoms with Gasteiger partial charge >= 0.3 is 5.97 Å². The fourth-order valence-electron chi connectivity index (χ4n) is 6.14. The molecule has 234 valence electrons. The Balaban J connectivity index is 2.27. The molecule has 1 aliphatic carbocycles. The molecule has 2 aliphatic rings. The molecule has 0 radical (unpaired) electrons. The van der Waals surface area contributed by atoms with Crippen molar-refractivity contribution < 1.29 is 37.2 Å². The molecule has 0 saturated heterocycles. The Morgan fingerprint density at radius 2 is 1.68 bits per heavy atom. The summed E-state index contributed by atoms with van der Waals surface area (Å²) in [4.78, 5) is 27.7. The van der Waals surface area contributed by atoms with Crippen molar-refractivity contribution >= 4 is 42.2 Å². The van der Waals surface area contributed by atoms with Crippen LogP contribution in [0.1, 0.15) is 60.7 Å². The van der Waals surface area contributed by atoms with E-state index in [0.29, 0.717) is 11.1 Å². The van der Waals surface area contributed by atoms with Crippen molar-refractivity contribution in [2.45, 2.75) is 46.7 Å². The van der Waals surface area contributed by atoms with Crippen molar-refractivity contribution in [1.29, 1.82) is 0 Å². The highest BCUT2D eigenvalue weighted by Gasteiger charge is 2.45. The Morgan fingerprint density at radius 1 is 1.05 bits per heavy atom. The fraction of sp³-hybridized carbons (Fsp3) is 0.382. The number of rotatable bonds is 6. The normalized spacial score (nSPS) is 16.2. The molecule has 44 heavy (non-hydrogen) atoms. The maximum atomic E-state index is 17.2. The zero-order valence-corrected chi connectivity index (χ0v) is 27.9. The SMILES string of the molecule is CCOC(=O)C(c1c(F)c(F)c(C(=O)[O-])c(C2=C3C=CC(=[N+](C)C)C=C3[Si](C)(C)c3cc(N(C)C)ccc32)c1F)C(C)(C)C. The van der Waals surface area contributed by atoms with Crippen LogP contribution in [0.5, 0.6) is 0 Å². The second kappa shape index (κ2) is 11.5. The summed E-state index contributed by atoms with van der Waals surface area (Å²) in [6.45, 7) is 10.5. The number of carbonyl (C=O) groups is 2. The van der Waals surface area contributed by atoms with Gasteiger partial charge in [-0.1, -0.05) is 39.9 Å². The maximum Gasteiger partial charge on any atom is 0.314 e. The highest BCUT2D eigenvalue weighted by molar-refractivity contribution is 6.98. The molecule has 10 heteroatoms. The van der Waals surface area contributed by atoms with Crippen LogP contribution in [0.25, 0.3) is 5.57 Å². The number of carbonyl (C=O) groups excluding carboxylic acids is 2. The van der Waals surface area contributed by atoms with E-state index in [1.807, 2.05) is 62.0 Å². The molecule has 2 aromatic rings. The maximum absolute atomic E-state index is 17.2. The average Bonchev–Trinajstić information content (AvgIpc) is 2.92. The van der Waals surface area contributed by atoms with Crippen LogP contribution in [0.15, 0.2) is 47.2 Å². The molecule has 0 saturated carbocycles. The third kappa shape index (κ3) is 5.33. The first kappa shape index (κ1) is 33.0. The van der Waals surface area contributed by atoms with Crippen molar-refractivity contribution in [3.63, 3.8) is 0 Å². The van der Waals surface area contributed by atoms with Crippen molar-refractivity contribution in [2.24, 2.45) is 5.41 Å². The molecular weight excluding hydrogens is 585 g/mol. The number of hydrogen-bond acceptors (Lipinski definition) is 5. The molecule has 0 fully saturated rings. The van der Waals surface area contributed by atoms with Gasteiger partial charge in [0.2, 0.25) is 0 Å². The highest BCUT2D eigenvalue weighted by Crippen LogP contribution is 2.47. The minimum Gasteiger partial charge on any atom is -0.545 e. The minimum absolute atomic E-state index is 0.0681. The van der Waals surface area contributed by atoms with E-state index >= 15 is 13.2 Å². The largest absolute Gasteiger partial charge is 0.545 e. The van der Waals surface area contributed by atoms with E-state index in [9.17, 15) is 14.7 Å². The minimum atomic E-state index is -2.54. The number of allylic oxidation sites excluding steroid dienone is 5. The Labute approximate surface area is 257 Å². The molecular formula is C34H39F3N2O4Si. The number of fused-ring (bicyclic) bond motifs is 2. The van der Waals surface area contributed by atoms with Gasteiger partial charge in [0, 0.05) is 48.6 Å². The van der Waals surface area contributed by atoms with Crippen LogP contribution in [-0.2, 0) is 9.53 Å². The number of halogens is 3. The number of benzene rings is 2. The number of ether oxygens (including phenoxy) is 1. The van der Waals surface area contributed by atoms with Gasteiger partial charge in [0.15, 0.2) is 17.3 Å². The van der Waals surface area contributed by atoms with E-state index in [-0.39, 0.29) is 12.2 Å². The zero-order chi connectivity index (χ0) is 33.0. The summed E-state index contributed by atoms with van der Waals surface area (Å²) < 4.78 is 56.2. The first-order valence-electron chi connectivity index (χ1n) is 14.5. The summed E-state index contributed by atoms with van der Waals surface area (Å²) in [5.74, 6) is -9.47. The second-order valence-corrected chi connectivity index (χ2v) is 17.5. The topological polar surface area (TPSA) is 72.7 Å². The van der Waals surface area contributed by atoms with E-state index in [0.717, 1.165) is 21.8 Å². The number of carboxylic acid groups (broad SMARTS) is 1. The molecule has 2 aromatic carbocycles. The first-order chi connectivity index (χ1) is 20.4. The Bertz CT molecular complexity index is 1710. The number of anilines is 1. The van der Waals surface area contributed by atoms with Crippen LogP contribution >= 0.6 is 0 Å². The van der Waals surface area contributed by atoms with E-state index in [2.05, 4.69) is 13.1 Å². The van der Waals surface area contributed by atoms with E-state index < -0.39 is 65.5 Å². The lowest BCUT2D eigenvalue weighted by atomic mass is 9.74. The van der Waals surface area contributed by atoms with E-state index in [1.54, 1.807) is 39.8 Å². The van der Waals surface area contributed by atoms with Crippen molar-refractivity contribution in [3.8, 4) is 0 Å². The molecule has 0 aromatic heterocycles. The lowest BCUT2D eigenvalue weighted by Crippen LogP contribution is -2.50. The van der Waals surface area contributed by atoms with Gasteiger partial charge in [0.1, 0.15) is 28.0 Å². The summed E-state index contributed by atoms with van der Waals surface area (Å²) in [7, 11) is 5.01. The van der Waals surface area contributed by atoms with Crippen LogP contribution < -0.4 is 15.2 Å². The Morgan fingerprint density at radius 3 is 2.20 bits per heavy atom.